The van der Waals surface area contributed by atoms with Gasteiger partial charge in [-0.05, 0) is 66.1 Å². The van der Waals surface area contributed by atoms with Crippen molar-refractivity contribution in [2.75, 3.05) is 32.9 Å². The number of ether oxygens (including phenoxy) is 2. The predicted octanol–water partition coefficient (Wildman–Crippen LogP) is 6.76. The van der Waals surface area contributed by atoms with Gasteiger partial charge in [0, 0.05) is 36.7 Å². The molecule has 1 N–H and O–H groups in total. The Bertz CT molecular complexity index is 1280. The van der Waals surface area contributed by atoms with Crippen molar-refractivity contribution in [2.45, 2.75) is 19.2 Å². The van der Waals surface area contributed by atoms with Crippen molar-refractivity contribution >= 4 is 11.1 Å². The van der Waals surface area contributed by atoms with Crippen molar-refractivity contribution in [3.63, 3.8) is 0 Å². The van der Waals surface area contributed by atoms with Gasteiger partial charge < -0.3 is 14.6 Å². The highest BCUT2D eigenvalue weighted by molar-refractivity contribution is 5.95. The summed E-state index contributed by atoms with van der Waals surface area (Å²) in [5.74, 6) is 1.48. The molecule has 3 aromatic rings. The van der Waals surface area contributed by atoms with Gasteiger partial charge >= 0.3 is 6.18 Å². The molecule has 4 nitrogen and oxygen atoms in total. The van der Waals surface area contributed by atoms with E-state index in [-0.39, 0.29) is 18.3 Å². The molecule has 2 aliphatic rings. The Balaban J connectivity index is 1.40. The lowest BCUT2D eigenvalue weighted by atomic mass is 9.86. The Morgan fingerprint density at radius 2 is 1.70 bits per heavy atom. The monoisotopic (exact) mass is 513 g/mol. The van der Waals surface area contributed by atoms with Crippen molar-refractivity contribution in [3.05, 3.63) is 89.0 Å². The molecule has 1 saturated heterocycles. The van der Waals surface area contributed by atoms with E-state index in [1.807, 2.05) is 31.2 Å². The van der Waals surface area contributed by atoms with Crippen molar-refractivity contribution in [1.82, 2.24) is 4.90 Å². The number of allylic oxidation sites excluding steroid dienone is 1. The second kappa shape index (κ2) is 10.1. The minimum Gasteiger partial charge on any atom is -0.508 e. The summed E-state index contributed by atoms with van der Waals surface area (Å²) in [5.41, 5.74) is 2.91. The third-order valence-electron chi connectivity index (χ3n) is 6.91. The molecule has 2 aliphatic heterocycles. The van der Waals surface area contributed by atoms with E-state index in [2.05, 4.69) is 4.90 Å². The molecule has 2 heterocycles. The maximum Gasteiger partial charge on any atom is 0.416 e. The minimum absolute atomic E-state index is 0.0758. The molecule has 0 aromatic heterocycles. The summed E-state index contributed by atoms with van der Waals surface area (Å²) in [4.78, 5) is 2.15. The molecule has 0 radical (unpaired) electrons. The average molecular weight is 514 g/mol. The number of fused-ring (bicyclic) bond motifs is 1. The number of aromatic hydroxyl groups is 1. The van der Waals surface area contributed by atoms with Crippen molar-refractivity contribution in [3.8, 4) is 17.2 Å². The van der Waals surface area contributed by atoms with E-state index in [9.17, 15) is 22.7 Å². The van der Waals surface area contributed by atoms with E-state index in [1.54, 1.807) is 12.1 Å². The zero-order valence-corrected chi connectivity index (χ0v) is 20.3. The molecular weight excluding hydrogens is 486 g/mol. The second-order valence-electron chi connectivity index (χ2n) is 9.49. The van der Waals surface area contributed by atoms with E-state index >= 15 is 0 Å². The molecule has 5 rings (SSSR count). The van der Waals surface area contributed by atoms with Crippen LogP contribution in [-0.4, -0.2) is 42.9 Å². The first kappa shape index (κ1) is 25.1. The summed E-state index contributed by atoms with van der Waals surface area (Å²) >= 11 is 0. The fraction of sp³-hybridized carbons (Fsp3) is 0.310. The zero-order chi connectivity index (χ0) is 26.2. The van der Waals surface area contributed by atoms with Crippen LogP contribution in [0.1, 0.15) is 35.3 Å². The first-order valence-corrected chi connectivity index (χ1v) is 12.1. The number of hydrogen-bond acceptors (Lipinski definition) is 4. The number of phenolic OH excluding ortho intramolecular Hbond substituents is 1. The van der Waals surface area contributed by atoms with Gasteiger partial charge in [0.2, 0.25) is 0 Å². The molecule has 0 saturated carbocycles. The van der Waals surface area contributed by atoms with Gasteiger partial charge in [0.15, 0.2) is 0 Å². The number of halogens is 4. The fourth-order valence-electron chi connectivity index (χ4n) is 4.87. The summed E-state index contributed by atoms with van der Waals surface area (Å²) in [7, 11) is 0. The quantitative estimate of drug-likeness (QED) is 0.355. The molecule has 0 bridgehead atoms. The standard InChI is InChI=1S/C29H27F4NO3/c1-18-25-14-23(35)8-11-26(25)37-28(27(18)20-2-6-22(7-3-20)29(31,32)33)21-4-9-24(10-5-21)36-13-12-34-16-19(15-30)17-34/h2-11,14,19,28,35H,12-13,15-17H2,1H3/t28-/m1/s1. The van der Waals surface area contributed by atoms with Gasteiger partial charge in [0.25, 0.3) is 0 Å². The number of benzene rings is 3. The number of likely N-dealkylation sites (tertiary alicyclic amines) is 1. The van der Waals surface area contributed by atoms with Crippen LogP contribution in [0.15, 0.2) is 66.7 Å². The molecule has 194 valence electrons. The molecular formula is C29H27F4NO3. The van der Waals surface area contributed by atoms with Crippen LogP contribution in [0.2, 0.25) is 0 Å². The Morgan fingerprint density at radius 1 is 1.00 bits per heavy atom. The van der Waals surface area contributed by atoms with Crippen molar-refractivity contribution < 1.29 is 32.1 Å². The van der Waals surface area contributed by atoms with E-state index in [1.165, 1.54) is 18.2 Å². The molecule has 1 atom stereocenters. The van der Waals surface area contributed by atoms with Crippen LogP contribution in [0.4, 0.5) is 17.6 Å². The largest absolute Gasteiger partial charge is 0.508 e. The third-order valence-corrected chi connectivity index (χ3v) is 6.91. The van der Waals surface area contributed by atoms with Crippen molar-refractivity contribution in [2.24, 2.45) is 5.92 Å². The number of alkyl halides is 4. The van der Waals surface area contributed by atoms with Crippen LogP contribution in [0.25, 0.3) is 11.1 Å². The van der Waals surface area contributed by atoms with Gasteiger partial charge in [-0.25, -0.2) is 0 Å². The zero-order valence-electron chi connectivity index (χ0n) is 20.3. The van der Waals surface area contributed by atoms with Crippen molar-refractivity contribution in [1.29, 1.82) is 0 Å². The van der Waals surface area contributed by atoms with Gasteiger partial charge in [-0.3, -0.25) is 9.29 Å². The molecule has 0 amide bonds. The highest BCUT2D eigenvalue weighted by Gasteiger charge is 2.33. The SMILES string of the molecule is CC1=C(c2ccc(C(F)(F)F)cc2)[C@@H](c2ccc(OCCN3CC(CF)C3)cc2)Oc2ccc(O)cc21. The number of nitrogens with zero attached hydrogens (tertiary/aromatic N) is 1. The van der Waals surface area contributed by atoms with Gasteiger partial charge in [0.1, 0.15) is 30.0 Å². The van der Waals surface area contributed by atoms with E-state index in [4.69, 9.17) is 9.47 Å². The van der Waals surface area contributed by atoms with Crippen LogP contribution in [0.3, 0.4) is 0 Å². The normalized spacial score (nSPS) is 18.2. The highest BCUT2D eigenvalue weighted by Crippen LogP contribution is 2.47. The predicted molar refractivity (Wildman–Crippen MR) is 133 cm³/mol. The third kappa shape index (κ3) is 5.30. The number of phenols is 1. The van der Waals surface area contributed by atoms with E-state index in [0.29, 0.717) is 29.2 Å². The van der Waals surface area contributed by atoms with Crippen LogP contribution in [0.5, 0.6) is 17.2 Å². The lowest BCUT2D eigenvalue weighted by Crippen LogP contribution is -2.49. The molecule has 8 heteroatoms. The molecule has 37 heavy (non-hydrogen) atoms. The lowest BCUT2D eigenvalue weighted by molar-refractivity contribution is -0.137. The van der Waals surface area contributed by atoms with Crippen LogP contribution in [0, 0.1) is 5.92 Å². The van der Waals surface area contributed by atoms with Crippen LogP contribution in [-0.2, 0) is 6.18 Å². The smallest absolute Gasteiger partial charge is 0.416 e. The summed E-state index contributed by atoms with van der Waals surface area (Å²) in [6, 6.07) is 17.3. The van der Waals surface area contributed by atoms with Crippen LogP contribution < -0.4 is 9.47 Å². The van der Waals surface area contributed by atoms with Gasteiger partial charge in [0.05, 0.1) is 12.2 Å². The fourth-order valence-corrected chi connectivity index (χ4v) is 4.87. The van der Waals surface area contributed by atoms with Gasteiger partial charge in [-0.15, -0.1) is 0 Å². The average Bonchev–Trinajstić information content (AvgIpc) is 2.85. The van der Waals surface area contributed by atoms with E-state index in [0.717, 1.165) is 48.5 Å². The maximum absolute atomic E-state index is 13.2. The Morgan fingerprint density at radius 3 is 2.35 bits per heavy atom. The molecule has 3 aromatic carbocycles. The Hall–Kier alpha value is -3.52. The Labute approximate surface area is 212 Å². The van der Waals surface area contributed by atoms with E-state index < -0.39 is 17.8 Å². The highest BCUT2D eigenvalue weighted by atomic mass is 19.4. The molecule has 1 fully saturated rings. The summed E-state index contributed by atoms with van der Waals surface area (Å²) in [6.45, 7) is 4.33. The summed E-state index contributed by atoms with van der Waals surface area (Å²) in [5, 5.41) is 10.0. The molecule has 0 spiro atoms. The van der Waals surface area contributed by atoms with Crippen LogP contribution >= 0.6 is 0 Å². The number of rotatable bonds is 7. The first-order chi connectivity index (χ1) is 17.7. The second-order valence-corrected chi connectivity index (χ2v) is 9.49. The maximum atomic E-state index is 13.2. The van der Waals surface area contributed by atoms with Gasteiger partial charge in [-0.1, -0.05) is 24.3 Å². The topological polar surface area (TPSA) is 41.9 Å². The molecule has 0 unspecified atom stereocenters. The lowest BCUT2D eigenvalue weighted by Gasteiger charge is -2.37. The first-order valence-electron chi connectivity index (χ1n) is 12.1. The van der Waals surface area contributed by atoms with Gasteiger partial charge in [-0.2, -0.15) is 13.2 Å². The minimum atomic E-state index is -4.43. The Kier molecular flexibility index (Phi) is 6.86. The molecule has 0 aliphatic carbocycles. The summed E-state index contributed by atoms with van der Waals surface area (Å²) < 4.78 is 64.2. The number of hydrogen-bond donors (Lipinski definition) is 1. The summed E-state index contributed by atoms with van der Waals surface area (Å²) in [6.07, 6.45) is -5.00.